The van der Waals surface area contributed by atoms with Crippen molar-refractivity contribution < 1.29 is 13.5 Å². The van der Waals surface area contributed by atoms with Crippen molar-refractivity contribution in [3.63, 3.8) is 0 Å². The molecule has 0 aromatic heterocycles. The van der Waals surface area contributed by atoms with E-state index in [0.29, 0.717) is 26.2 Å². The van der Waals surface area contributed by atoms with Crippen molar-refractivity contribution in [1.82, 2.24) is 4.90 Å². The Balaban J connectivity index is 1.72. The fourth-order valence-electron chi connectivity index (χ4n) is 1.81. The highest BCUT2D eigenvalue weighted by atomic mass is 19.3. The third kappa shape index (κ3) is 1.89. The normalized spacial score (nSPS) is 37.1. The van der Waals surface area contributed by atoms with Crippen molar-refractivity contribution in [2.45, 2.75) is 24.3 Å². The highest BCUT2D eigenvalue weighted by Gasteiger charge is 2.68. The number of ether oxygens (including phenoxy) is 1. The van der Waals surface area contributed by atoms with Gasteiger partial charge in [0.2, 0.25) is 0 Å². The van der Waals surface area contributed by atoms with Crippen molar-refractivity contribution in [1.29, 1.82) is 0 Å². The standard InChI is InChI=1S/C9H16F2N2O/c10-9(11)7-8(9,12)1-2-13-3-5-14-6-4-13/h1-7,12H2. The Morgan fingerprint density at radius 1 is 1.29 bits per heavy atom. The lowest BCUT2D eigenvalue weighted by Gasteiger charge is -2.27. The molecular formula is C9H16F2N2O. The van der Waals surface area contributed by atoms with Gasteiger partial charge in [-0.2, -0.15) is 0 Å². The van der Waals surface area contributed by atoms with Gasteiger partial charge in [0.1, 0.15) is 0 Å². The average Bonchev–Trinajstić information content (AvgIpc) is 2.65. The molecule has 82 valence electrons. The van der Waals surface area contributed by atoms with Crippen LogP contribution < -0.4 is 5.73 Å². The van der Waals surface area contributed by atoms with Crippen LogP contribution in [0.4, 0.5) is 8.78 Å². The molecule has 1 atom stereocenters. The molecule has 2 rings (SSSR count). The quantitative estimate of drug-likeness (QED) is 0.728. The Morgan fingerprint density at radius 2 is 1.86 bits per heavy atom. The summed E-state index contributed by atoms with van der Waals surface area (Å²) in [4.78, 5) is 2.13. The van der Waals surface area contributed by atoms with Gasteiger partial charge in [0.05, 0.1) is 18.8 Å². The first kappa shape index (κ1) is 10.3. The molecule has 1 saturated carbocycles. The summed E-state index contributed by atoms with van der Waals surface area (Å²) in [7, 11) is 0. The lowest BCUT2D eigenvalue weighted by atomic mass is 10.2. The molecule has 14 heavy (non-hydrogen) atoms. The van der Waals surface area contributed by atoms with Gasteiger partial charge < -0.3 is 10.5 Å². The van der Waals surface area contributed by atoms with Crippen LogP contribution in [0.25, 0.3) is 0 Å². The van der Waals surface area contributed by atoms with Crippen molar-refractivity contribution in [2.24, 2.45) is 5.73 Å². The topological polar surface area (TPSA) is 38.5 Å². The molecule has 0 radical (unpaired) electrons. The van der Waals surface area contributed by atoms with Gasteiger partial charge in [-0.05, 0) is 6.42 Å². The fourth-order valence-corrected chi connectivity index (χ4v) is 1.81. The van der Waals surface area contributed by atoms with E-state index in [2.05, 4.69) is 4.90 Å². The molecule has 0 bridgehead atoms. The summed E-state index contributed by atoms with van der Waals surface area (Å²) in [6.07, 6.45) is 0.240. The van der Waals surface area contributed by atoms with E-state index < -0.39 is 11.5 Å². The van der Waals surface area contributed by atoms with E-state index in [1.165, 1.54) is 0 Å². The molecule has 1 saturated heterocycles. The zero-order valence-corrected chi connectivity index (χ0v) is 8.14. The highest BCUT2D eigenvalue weighted by molar-refractivity contribution is 5.15. The second-order valence-electron chi connectivity index (χ2n) is 4.24. The summed E-state index contributed by atoms with van der Waals surface area (Å²) >= 11 is 0. The number of nitrogens with two attached hydrogens (primary N) is 1. The smallest absolute Gasteiger partial charge is 0.267 e. The predicted octanol–water partition coefficient (Wildman–Crippen LogP) is 0.445. The molecule has 0 spiro atoms. The molecule has 1 heterocycles. The molecule has 0 amide bonds. The maximum atomic E-state index is 12.8. The minimum absolute atomic E-state index is 0.148. The van der Waals surface area contributed by atoms with E-state index in [4.69, 9.17) is 10.5 Å². The van der Waals surface area contributed by atoms with Crippen LogP contribution in [-0.4, -0.2) is 49.2 Å². The van der Waals surface area contributed by atoms with Gasteiger partial charge >= 0.3 is 0 Å². The Bertz CT molecular complexity index is 219. The molecule has 2 fully saturated rings. The monoisotopic (exact) mass is 206 g/mol. The zero-order chi connectivity index (χ0) is 10.2. The first-order valence-corrected chi connectivity index (χ1v) is 5.00. The number of halogens is 2. The van der Waals surface area contributed by atoms with Crippen LogP contribution in [-0.2, 0) is 4.74 Å². The first-order chi connectivity index (χ1) is 6.54. The Kier molecular flexibility index (Phi) is 2.49. The summed E-state index contributed by atoms with van der Waals surface area (Å²) in [6, 6.07) is 0. The summed E-state index contributed by atoms with van der Waals surface area (Å²) < 4.78 is 30.7. The largest absolute Gasteiger partial charge is 0.379 e. The van der Waals surface area contributed by atoms with Crippen LogP contribution in [0.15, 0.2) is 0 Å². The minimum atomic E-state index is -2.63. The van der Waals surface area contributed by atoms with Crippen molar-refractivity contribution in [2.75, 3.05) is 32.8 Å². The molecule has 3 nitrogen and oxygen atoms in total. The molecule has 2 N–H and O–H groups in total. The Morgan fingerprint density at radius 3 is 2.36 bits per heavy atom. The van der Waals surface area contributed by atoms with Gasteiger partial charge in [-0.25, -0.2) is 8.78 Å². The second-order valence-corrected chi connectivity index (χ2v) is 4.24. The van der Waals surface area contributed by atoms with Gasteiger partial charge in [-0.15, -0.1) is 0 Å². The molecule has 1 aliphatic heterocycles. The van der Waals surface area contributed by atoms with E-state index in [1.807, 2.05) is 0 Å². The van der Waals surface area contributed by atoms with Crippen LogP contribution in [0.2, 0.25) is 0 Å². The Hall–Kier alpha value is -0.260. The van der Waals surface area contributed by atoms with Gasteiger partial charge in [0.15, 0.2) is 0 Å². The maximum Gasteiger partial charge on any atom is 0.267 e. The van der Waals surface area contributed by atoms with E-state index >= 15 is 0 Å². The number of hydrogen-bond acceptors (Lipinski definition) is 3. The molecule has 2 aliphatic rings. The van der Waals surface area contributed by atoms with Crippen LogP contribution >= 0.6 is 0 Å². The van der Waals surface area contributed by atoms with Crippen molar-refractivity contribution in [3.05, 3.63) is 0 Å². The van der Waals surface area contributed by atoms with Crippen LogP contribution in [0.3, 0.4) is 0 Å². The number of morpholine rings is 1. The molecule has 1 unspecified atom stereocenters. The fraction of sp³-hybridized carbons (Fsp3) is 1.00. The Labute approximate surface area is 82.2 Å². The SMILES string of the molecule is NC1(CCN2CCOCC2)CC1(F)F. The molecule has 0 aromatic carbocycles. The highest BCUT2D eigenvalue weighted by Crippen LogP contribution is 2.52. The summed E-state index contributed by atoms with van der Waals surface area (Å²) in [5, 5.41) is 0. The van der Waals surface area contributed by atoms with Gasteiger partial charge in [-0.3, -0.25) is 4.90 Å². The second kappa shape index (κ2) is 3.40. The predicted molar refractivity (Wildman–Crippen MR) is 48.4 cm³/mol. The van der Waals surface area contributed by atoms with Gasteiger partial charge in [0.25, 0.3) is 5.92 Å². The maximum absolute atomic E-state index is 12.8. The van der Waals surface area contributed by atoms with E-state index in [0.717, 1.165) is 13.1 Å². The zero-order valence-electron chi connectivity index (χ0n) is 8.14. The van der Waals surface area contributed by atoms with Gasteiger partial charge in [0, 0.05) is 26.1 Å². The number of nitrogens with zero attached hydrogens (tertiary/aromatic N) is 1. The number of rotatable bonds is 3. The minimum Gasteiger partial charge on any atom is -0.379 e. The van der Waals surface area contributed by atoms with Crippen molar-refractivity contribution >= 4 is 0 Å². The lowest BCUT2D eigenvalue weighted by Crippen LogP contribution is -2.41. The molecule has 5 heteroatoms. The van der Waals surface area contributed by atoms with Crippen LogP contribution in [0.5, 0.6) is 0 Å². The molecular weight excluding hydrogens is 190 g/mol. The number of hydrogen-bond donors (Lipinski definition) is 1. The van der Waals surface area contributed by atoms with Crippen LogP contribution in [0.1, 0.15) is 12.8 Å². The summed E-state index contributed by atoms with van der Waals surface area (Å²) in [6.45, 7) is 3.74. The van der Waals surface area contributed by atoms with Crippen LogP contribution in [0, 0.1) is 0 Å². The third-order valence-corrected chi connectivity index (χ3v) is 3.12. The average molecular weight is 206 g/mol. The van der Waals surface area contributed by atoms with Crippen molar-refractivity contribution in [3.8, 4) is 0 Å². The summed E-state index contributed by atoms with van der Waals surface area (Å²) in [5.74, 6) is -2.63. The van der Waals surface area contributed by atoms with E-state index in [9.17, 15) is 8.78 Å². The first-order valence-electron chi connectivity index (χ1n) is 5.00. The molecule has 1 aliphatic carbocycles. The number of alkyl halides is 2. The summed E-state index contributed by atoms with van der Waals surface area (Å²) in [5.41, 5.74) is 4.32. The van der Waals surface area contributed by atoms with E-state index in [1.54, 1.807) is 0 Å². The van der Waals surface area contributed by atoms with E-state index in [-0.39, 0.29) is 6.42 Å². The van der Waals surface area contributed by atoms with Gasteiger partial charge in [-0.1, -0.05) is 0 Å². The molecule has 0 aromatic rings. The lowest BCUT2D eigenvalue weighted by molar-refractivity contribution is 0.0316. The third-order valence-electron chi connectivity index (χ3n) is 3.12.